The zero-order valence-corrected chi connectivity index (χ0v) is 21.2. The Morgan fingerprint density at radius 2 is 0.938 bits per heavy atom. The molecule has 6 heteroatoms. The highest BCUT2D eigenvalue weighted by Gasteiger charge is 2.40. The van der Waals surface area contributed by atoms with Crippen molar-refractivity contribution in [2.45, 2.75) is 76.0 Å². The number of hydrogen-bond donors (Lipinski definition) is 0. The smallest absolute Gasteiger partial charge is 0.231 e. The van der Waals surface area contributed by atoms with Gasteiger partial charge in [-0.1, -0.05) is 43.5 Å². The lowest BCUT2D eigenvalue weighted by Gasteiger charge is -2.29. The second-order valence-corrected chi connectivity index (χ2v) is 15.9. The fourth-order valence-corrected chi connectivity index (χ4v) is 13.0. The molecule has 6 rings (SSSR count). The lowest BCUT2D eigenvalue weighted by atomic mass is 10.0. The molecule has 2 aromatic rings. The van der Waals surface area contributed by atoms with E-state index in [-0.39, 0.29) is 29.4 Å². The summed E-state index contributed by atoms with van der Waals surface area (Å²) in [7, 11) is -0.583. The molecule has 0 bridgehead atoms. The predicted octanol–water partition coefficient (Wildman–Crippen LogP) is 6.17. The summed E-state index contributed by atoms with van der Waals surface area (Å²) in [5.41, 5.74) is 5.33. The van der Waals surface area contributed by atoms with Gasteiger partial charge in [-0.05, 0) is 83.2 Å². The number of hydrogen-bond acceptors (Lipinski definition) is 4. The summed E-state index contributed by atoms with van der Waals surface area (Å²) in [6.45, 7) is 10.3. The van der Waals surface area contributed by atoms with Crippen molar-refractivity contribution in [2.75, 3.05) is 13.6 Å². The summed E-state index contributed by atoms with van der Waals surface area (Å²) in [5, 5.41) is 2.92. The maximum Gasteiger partial charge on any atom is 0.231 e. The van der Waals surface area contributed by atoms with Crippen LogP contribution >= 0.6 is 15.8 Å². The summed E-state index contributed by atoms with van der Waals surface area (Å²) in [5.74, 6) is 3.55. The van der Waals surface area contributed by atoms with Gasteiger partial charge in [0.25, 0.3) is 0 Å². The minimum atomic E-state index is -0.292. The molecule has 0 spiro atoms. The molecule has 0 radical (unpaired) electrons. The van der Waals surface area contributed by atoms with E-state index in [9.17, 15) is 0 Å². The van der Waals surface area contributed by atoms with E-state index < -0.39 is 0 Å². The number of benzene rings is 2. The molecule has 0 unspecified atom stereocenters. The molecule has 0 amide bonds. The van der Waals surface area contributed by atoms with Crippen LogP contribution < -0.4 is 29.6 Å². The maximum absolute atomic E-state index is 6.18. The van der Waals surface area contributed by atoms with E-state index in [1.54, 1.807) is 0 Å². The van der Waals surface area contributed by atoms with E-state index >= 15 is 0 Å². The van der Waals surface area contributed by atoms with Crippen molar-refractivity contribution < 1.29 is 18.9 Å². The lowest BCUT2D eigenvalue weighted by molar-refractivity contribution is 0.173. The Morgan fingerprint density at radius 3 is 1.31 bits per heavy atom. The van der Waals surface area contributed by atoms with E-state index in [0.29, 0.717) is 22.6 Å². The molecule has 32 heavy (non-hydrogen) atoms. The minimum absolute atomic E-state index is 0.290. The maximum atomic E-state index is 6.18. The molecule has 4 atom stereocenters. The van der Waals surface area contributed by atoms with Crippen LogP contribution in [-0.4, -0.2) is 36.2 Å². The predicted molar refractivity (Wildman–Crippen MR) is 134 cm³/mol. The molecule has 2 aromatic carbocycles. The third-order valence-corrected chi connectivity index (χ3v) is 14.4. The molecule has 4 heterocycles. The summed E-state index contributed by atoms with van der Waals surface area (Å²) in [4.78, 5) is 0. The van der Waals surface area contributed by atoms with E-state index in [4.69, 9.17) is 18.9 Å². The van der Waals surface area contributed by atoms with Gasteiger partial charge < -0.3 is 18.9 Å². The Balaban J connectivity index is 1.64. The molecule has 2 fully saturated rings. The van der Waals surface area contributed by atoms with Gasteiger partial charge in [0, 0.05) is 11.1 Å². The molecule has 0 N–H and O–H groups in total. The minimum Gasteiger partial charge on any atom is -0.454 e. The normalized spacial score (nSPS) is 29.2. The lowest BCUT2D eigenvalue weighted by Crippen LogP contribution is -2.20. The van der Waals surface area contributed by atoms with Crippen molar-refractivity contribution in [3.05, 3.63) is 24.3 Å². The van der Waals surface area contributed by atoms with Gasteiger partial charge in [0.2, 0.25) is 13.6 Å². The standard InChI is InChI=1S/C26H32O4P2/c1-15-5-6-16(2)31(15)21-11-9-19-25(29-13-27-19)23(21)24-22(32-17(3)7-8-18(32)4)12-10-20-26(24)30-14-28-20/h9-12,15-18H,5-8,13-14H2,1-4H3/t15-,16-,17-,18-/m0/s1. The SMILES string of the molecule is C[C@H]1CC[C@H](C)P1c1ccc2c(c1-c1c(P3[C@@H](C)CC[C@@H]3C)ccc3c1OCO3)OCO2. The fourth-order valence-electron chi connectivity index (χ4n) is 6.18. The Bertz CT molecular complexity index is 951. The van der Waals surface area contributed by atoms with Crippen LogP contribution in [0.2, 0.25) is 0 Å². The van der Waals surface area contributed by atoms with Crippen LogP contribution in [0.3, 0.4) is 0 Å². The third-order valence-electron chi connectivity index (χ3n) is 7.74. The van der Waals surface area contributed by atoms with Crippen molar-refractivity contribution in [1.82, 2.24) is 0 Å². The van der Waals surface area contributed by atoms with Gasteiger partial charge in [-0.2, -0.15) is 0 Å². The zero-order valence-electron chi connectivity index (χ0n) is 19.4. The zero-order chi connectivity index (χ0) is 22.0. The Morgan fingerprint density at radius 1 is 0.562 bits per heavy atom. The largest absolute Gasteiger partial charge is 0.454 e. The van der Waals surface area contributed by atoms with Gasteiger partial charge >= 0.3 is 0 Å². The molecule has 0 saturated carbocycles. The Kier molecular flexibility index (Phi) is 5.31. The van der Waals surface area contributed by atoms with Gasteiger partial charge in [-0.25, -0.2) is 0 Å². The van der Waals surface area contributed by atoms with Gasteiger partial charge in [0.05, 0.1) is 0 Å². The highest BCUT2D eigenvalue weighted by atomic mass is 31.1. The topological polar surface area (TPSA) is 36.9 Å². The first kappa shape index (κ1) is 21.1. The molecule has 170 valence electrons. The van der Waals surface area contributed by atoms with Gasteiger partial charge in [0.1, 0.15) is 0 Å². The first-order valence-electron chi connectivity index (χ1n) is 12.0. The third kappa shape index (κ3) is 3.17. The molecular formula is C26H32O4P2. The second kappa shape index (κ2) is 8.07. The van der Waals surface area contributed by atoms with E-state index in [1.807, 2.05) is 0 Å². The molecule has 0 aromatic heterocycles. The molecule has 2 saturated heterocycles. The Labute approximate surface area is 193 Å². The van der Waals surface area contributed by atoms with Crippen LogP contribution in [0.15, 0.2) is 24.3 Å². The van der Waals surface area contributed by atoms with Crippen molar-refractivity contribution in [2.24, 2.45) is 0 Å². The number of rotatable bonds is 3. The average molecular weight is 470 g/mol. The van der Waals surface area contributed by atoms with Crippen molar-refractivity contribution in [3.8, 4) is 34.1 Å². The van der Waals surface area contributed by atoms with E-state index in [2.05, 4.69) is 52.0 Å². The van der Waals surface area contributed by atoms with Crippen LogP contribution in [0.5, 0.6) is 23.0 Å². The van der Waals surface area contributed by atoms with Crippen molar-refractivity contribution in [1.29, 1.82) is 0 Å². The molecular weight excluding hydrogens is 438 g/mol. The summed E-state index contributed by atoms with van der Waals surface area (Å²) >= 11 is 0. The quantitative estimate of drug-likeness (QED) is 0.503. The molecule has 4 aliphatic rings. The van der Waals surface area contributed by atoms with Gasteiger partial charge in [-0.3, -0.25) is 0 Å². The fraction of sp³-hybridized carbons (Fsp3) is 0.538. The summed E-state index contributed by atoms with van der Waals surface area (Å²) in [6, 6.07) is 8.93. The van der Waals surface area contributed by atoms with Crippen LogP contribution in [0.25, 0.3) is 11.1 Å². The highest BCUT2D eigenvalue weighted by molar-refractivity contribution is 7.68. The van der Waals surface area contributed by atoms with Crippen molar-refractivity contribution >= 4 is 26.5 Å². The van der Waals surface area contributed by atoms with Crippen LogP contribution in [0, 0.1) is 0 Å². The molecule has 0 aliphatic carbocycles. The first-order chi connectivity index (χ1) is 15.5. The highest BCUT2D eigenvalue weighted by Crippen LogP contribution is 2.62. The van der Waals surface area contributed by atoms with Gasteiger partial charge in [-0.15, -0.1) is 0 Å². The molecule has 4 aliphatic heterocycles. The number of ether oxygens (including phenoxy) is 4. The van der Waals surface area contributed by atoms with Crippen molar-refractivity contribution in [3.63, 3.8) is 0 Å². The molecule has 4 nitrogen and oxygen atoms in total. The van der Waals surface area contributed by atoms with Crippen LogP contribution in [-0.2, 0) is 0 Å². The van der Waals surface area contributed by atoms with Gasteiger partial charge in [0.15, 0.2) is 23.0 Å². The van der Waals surface area contributed by atoms with Crippen LogP contribution in [0.1, 0.15) is 53.4 Å². The monoisotopic (exact) mass is 470 g/mol. The Hall–Kier alpha value is -1.50. The van der Waals surface area contributed by atoms with Crippen LogP contribution in [0.4, 0.5) is 0 Å². The van der Waals surface area contributed by atoms with E-state index in [1.165, 1.54) is 47.4 Å². The average Bonchev–Trinajstić information content (AvgIpc) is 3.56. The summed E-state index contributed by atoms with van der Waals surface area (Å²) in [6.07, 6.45) is 5.23. The first-order valence-corrected chi connectivity index (χ1v) is 14.9. The second-order valence-electron chi connectivity index (χ2n) is 9.75. The number of fused-ring (bicyclic) bond motifs is 2. The summed E-state index contributed by atoms with van der Waals surface area (Å²) < 4.78 is 24.1. The van der Waals surface area contributed by atoms with E-state index in [0.717, 1.165) is 23.0 Å².